The fourth-order valence-electron chi connectivity index (χ4n) is 2.89. The van der Waals surface area contributed by atoms with Gasteiger partial charge in [0.15, 0.2) is 0 Å². The van der Waals surface area contributed by atoms with E-state index in [-0.39, 0.29) is 0 Å². The van der Waals surface area contributed by atoms with Gasteiger partial charge in [-0.15, -0.1) is 0 Å². The zero-order chi connectivity index (χ0) is 21.1. The Morgan fingerprint density at radius 1 is 1.00 bits per heavy atom. The SMILES string of the molecule is CNc1ncccc1-c1noc(C(=Cc2ccc(Cl)c(Cl)c2)c2ccc(Cl)cc2)n1. The molecule has 0 aliphatic rings. The molecule has 0 saturated carbocycles. The summed E-state index contributed by atoms with van der Waals surface area (Å²) < 4.78 is 5.61. The summed E-state index contributed by atoms with van der Waals surface area (Å²) in [4.78, 5) is 8.90. The number of anilines is 1. The van der Waals surface area contributed by atoms with Crippen LogP contribution in [0.15, 0.2) is 65.3 Å². The molecule has 0 bridgehead atoms. The molecule has 0 amide bonds. The lowest BCUT2D eigenvalue weighted by molar-refractivity contribution is 0.409. The maximum atomic E-state index is 6.18. The Labute approximate surface area is 188 Å². The maximum absolute atomic E-state index is 6.18. The first-order valence-electron chi connectivity index (χ1n) is 8.95. The van der Waals surface area contributed by atoms with E-state index in [1.54, 1.807) is 37.5 Å². The molecule has 150 valence electrons. The molecule has 0 spiro atoms. The van der Waals surface area contributed by atoms with Crippen molar-refractivity contribution in [3.8, 4) is 11.4 Å². The minimum atomic E-state index is 0.351. The molecule has 2 aromatic carbocycles. The average molecular weight is 458 g/mol. The van der Waals surface area contributed by atoms with Gasteiger partial charge in [-0.3, -0.25) is 0 Å². The Morgan fingerprint density at radius 3 is 2.53 bits per heavy atom. The van der Waals surface area contributed by atoms with Gasteiger partial charge in [-0.05, 0) is 53.6 Å². The van der Waals surface area contributed by atoms with Crippen molar-refractivity contribution in [3.63, 3.8) is 0 Å². The topological polar surface area (TPSA) is 63.8 Å². The standard InChI is InChI=1S/C22H15Cl3N4O/c1-26-20-16(3-2-10-27-20)21-28-22(30-29-21)17(14-5-7-15(23)8-6-14)11-13-4-9-18(24)19(25)12-13/h2-12H,1H3,(H,26,27). The van der Waals surface area contributed by atoms with Crippen LogP contribution in [0, 0.1) is 0 Å². The van der Waals surface area contributed by atoms with Gasteiger partial charge in [0.1, 0.15) is 5.82 Å². The van der Waals surface area contributed by atoms with E-state index in [1.165, 1.54) is 0 Å². The normalized spacial score (nSPS) is 11.5. The van der Waals surface area contributed by atoms with Gasteiger partial charge in [0.05, 0.1) is 15.6 Å². The van der Waals surface area contributed by atoms with Crippen molar-refractivity contribution >= 4 is 52.3 Å². The number of hydrogen-bond donors (Lipinski definition) is 1. The van der Waals surface area contributed by atoms with Crippen LogP contribution in [0.1, 0.15) is 17.0 Å². The van der Waals surface area contributed by atoms with Crippen molar-refractivity contribution in [2.24, 2.45) is 0 Å². The lowest BCUT2D eigenvalue weighted by Gasteiger charge is -2.05. The van der Waals surface area contributed by atoms with Crippen LogP contribution >= 0.6 is 34.8 Å². The predicted octanol–water partition coefficient (Wildman–Crippen LogP) is 6.72. The van der Waals surface area contributed by atoms with Gasteiger partial charge >= 0.3 is 0 Å². The van der Waals surface area contributed by atoms with Gasteiger partial charge in [-0.1, -0.05) is 58.2 Å². The van der Waals surface area contributed by atoms with Crippen LogP contribution < -0.4 is 5.32 Å². The first-order valence-corrected chi connectivity index (χ1v) is 10.1. The molecule has 4 rings (SSSR count). The summed E-state index contributed by atoms with van der Waals surface area (Å²) in [6, 6.07) is 16.4. The van der Waals surface area contributed by atoms with Crippen molar-refractivity contribution in [2.45, 2.75) is 0 Å². The highest BCUT2D eigenvalue weighted by molar-refractivity contribution is 6.42. The lowest BCUT2D eigenvalue weighted by atomic mass is 10.0. The molecule has 0 unspecified atom stereocenters. The van der Waals surface area contributed by atoms with E-state index in [1.807, 2.05) is 36.4 Å². The van der Waals surface area contributed by atoms with Gasteiger partial charge in [0.25, 0.3) is 5.89 Å². The number of nitrogens with one attached hydrogen (secondary N) is 1. The summed E-state index contributed by atoms with van der Waals surface area (Å²) in [7, 11) is 1.79. The highest BCUT2D eigenvalue weighted by atomic mass is 35.5. The Bertz CT molecular complexity index is 1220. The zero-order valence-corrected chi connectivity index (χ0v) is 18.0. The third-order valence-electron chi connectivity index (χ3n) is 4.35. The van der Waals surface area contributed by atoms with Gasteiger partial charge < -0.3 is 9.84 Å². The van der Waals surface area contributed by atoms with Crippen LogP contribution in [0.3, 0.4) is 0 Å². The van der Waals surface area contributed by atoms with E-state index >= 15 is 0 Å². The largest absolute Gasteiger partial charge is 0.373 e. The number of aromatic nitrogens is 3. The lowest BCUT2D eigenvalue weighted by Crippen LogP contribution is -1.96. The maximum Gasteiger partial charge on any atom is 0.258 e. The number of rotatable bonds is 5. The van der Waals surface area contributed by atoms with Gasteiger partial charge in [-0.2, -0.15) is 4.98 Å². The molecule has 4 aromatic rings. The second-order valence-electron chi connectivity index (χ2n) is 6.31. The van der Waals surface area contributed by atoms with Crippen molar-refractivity contribution in [3.05, 3.63) is 92.9 Å². The molecule has 0 radical (unpaired) electrons. The van der Waals surface area contributed by atoms with Crippen molar-refractivity contribution < 1.29 is 4.52 Å². The molecule has 0 fully saturated rings. The first-order chi connectivity index (χ1) is 14.5. The molecule has 0 aliphatic carbocycles. The summed E-state index contributed by atoms with van der Waals surface area (Å²) in [5.41, 5.74) is 3.16. The van der Waals surface area contributed by atoms with Crippen molar-refractivity contribution in [1.82, 2.24) is 15.1 Å². The average Bonchev–Trinajstić information content (AvgIpc) is 3.25. The molecule has 2 heterocycles. The number of halogens is 3. The number of hydrogen-bond acceptors (Lipinski definition) is 5. The Kier molecular flexibility index (Phi) is 6.04. The number of benzene rings is 2. The highest BCUT2D eigenvalue weighted by Crippen LogP contribution is 2.31. The first kappa shape index (κ1) is 20.4. The quantitative estimate of drug-likeness (QED) is 0.337. The van der Waals surface area contributed by atoms with Crippen LogP contribution in [-0.4, -0.2) is 22.2 Å². The minimum absolute atomic E-state index is 0.351. The summed E-state index contributed by atoms with van der Waals surface area (Å²) in [5.74, 6) is 1.44. The highest BCUT2D eigenvalue weighted by Gasteiger charge is 2.17. The van der Waals surface area contributed by atoms with Crippen LogP contribution in [0.5, 0.6) is 0 Å². The summed E-state index contributed by atoms with van der Waals surface area (Å²) in [6.07, 6.45) is 3.60. The second kappa shape index (κ2) is 8.88. The zero-order valence-electron chi connectivity index (χ0n) is 15.7. The minimum Gasteiger partial charge on any atom is -0.373 e. The molecule has 0 atom stereocenters. The van der Waals surface area contributed by atoms with Crippen molar-refractivity contribution in [1.29, 1.82) is 0 Å². The van der Waals surface area contributed by atoms with E-state index in [0.29, 0.717) is 32.6 Å². The number of nitrogens with zero attached hydrogens (tertiary/aromatic N) is 3. The Hall–Kier alpha value is -2.86. The van der Waals surface area contributed by atoms with E-state index in [0.717, 1.165) is 22.3 Å². The molecule has 30 heavy (non-hydrogen) atoms. The molecular weight excluding hydrogens is 443 g/mol. The van der Waals surface area contributed by atoms with Gasteiger partial charge in [0, 0.05) is 23.8 Å². The van der Waals surface area contributed by atoms with E-state index in [9.17, 15) is 0 Å². The predicted molar refractivity (Wildman–Crippen MR) is 122 cm³/mol. The van der Waals surface area contributed by atoms with Gasteiger partial charge in [0.2, 0.25) is 5.82 Å². The number of pyridine rings is 1. The van der Waals surface area contributed by atoms with E-state index in [4.69, 9.17) is 39.3 Å². The summed E-state index contributed by atoms with van der Waals surface area (Å²) in [5, 5.41) is 8.76. The van der Waals surface area contributed by atoms with E-state index < -0.39 is 0 Å². The summed E-state index contributed by atoms with van der Waals surface area (Å²) >= 11 is 18.3. The molecular formula is C22H15Cl3N4O. The monoisotopic (exact) mass is 456 g/mol. The second-order valence-corrected chi connectivity index (χ2v) is 7.56. The van der Waals surface area contributed by atoms with Crippen LogP contribution in [0.4, 0.5) is 5.82 Å². The Balaban J connectivity index is 1.82. The van der Waals surface area contributed by atoms with E-state index in [2.05, 4.69) is 20.4 Å². The molecule has 5 nitrogen and oxygen atoms in total. The third kappa shape index (κ3) is 4.33. The van der Waals surface area contributed by atoms with Crippen LogP contribution in [0.2, 0.25) is 15.1 Å². The smallest absolute Gasteiger partial charge is 0.258 e. The molecule has 0 saturated heterocycles. The van der Waals surface area contributed by atoms with Crippen LogP contribution in [0.25, 0.3) is 23.0 Å². The fourth-order valence-corrected chi connectivity index (χ4v) is 3.33. The summed E-state index contributed by atoms with van der Waals surface area (Å²) in [6.45, 7) is 0. The molecule has 0 aliphatic heterocycles. The molecule has 8 heteroatoms. The molecule has 1 N–H and O–H groups in total. The molecule has 2 aromatic heterocycles. The Morgan fingerprint density at radius 2 is 1.80 bits per heavy atom. The van der Waals surface area contributed by atoms with Crippen molar-refractivity contribution in [2.75, 3.05) is 12.4 Å². The van der Waals surface area contributed by atoms with Gasteiger partial charge in [-0.25, -0.2) is 4.98 Å². The third-order valence-corrected chi connectivity index (χ3v) is 5.34. The fraction of sp³-hybridized carbons (Fsp3) is 0.0455. The van der Waals surface area contributed by atoms with Crippen LogP contribution in [-0.2, 0) is 0 Å².